The summed E-state index contributed by atoms with van der Waals surface area (Å²) in [6.07, 6.45) is 3.05. The number of carbonyl (C=O) groups excluding carboxylic acids is 1. The van der Waals surface area contributed by atoms with Crippen molar-refractivity contribution in [1.82, 2.24) is 4.98 Å². The Balaban J connectivity index is 1.55. The van der Waals surface area contributed by atoms with Crippen molar-refractivity contribution in [2.45, 2.75) is 0 Å². The van der Waals surface area contributed by atoms with Crippen LogP contribution in [0, 0.1) is 0 Å². The fourth-order valence-electron chi connectivity index (χ4n) is 2.70. The second-order valence-corrected chi connectivity index (χ2v) is 6.62. The van der Waals surface area contributed by atoms with E-state index < -0.39 is 5.97 Å². The zero-order valence-corrected chi connectivity index (χ0v) is 16.2. The maximum Gasteiger partial charge on any atom is 0.330 e. The maximum absolute atomic E-state index is 11.2. The van der Waals surface area contributed by atoms with Crippen molar-refractivity contribution in [3.8, 4) is 23.0 Å². The number of benzene rings is 3. The Bertz CT molecular complexity index is 1180. The smallest absolute Gasteiger partial charge is 0.330 e. The first-order valence-corrected chi connectivity index (χ1v) is 9.19. The molecular weight excluding hydrogens is 390 g/mol. The molecule has 0 amide bonds. The molecule has 4 aromatic rings. The van der Waals surface area contributed by atoms with Crippen LogP contribution in [0.25, 0.3) is 28.6 Å². The summed E-state index contributed by atoms with van der Waals surface area (Å²) >= 11 is 5.90. The molecule has 0 saturated heterocycles. The van der Waals surface area contributed by atoms with Gasteiger partial charge in [0.1, 0.15) is 17.0 Å². The number of rotatable bonds is 5. The third-order valence-corrected chi connectivity index (χ3v) is 4.43. The molecule has 3 aromatic carbocycles. The molecule has 29 heavy (non-hydrogen) atoms. The number of aromatic nitrogens is 1. The summed E-state index contributed by atoms with van der Waals surface area (Å²) in [7, 11) is 1.34. The van der Waals surface area contributed by atoms with E-state index in [1.807, 2.05) is 36.4 Å². The zero-order valence-electron chi connectivity index (χ0n) is 15.5. The average molecular weight is 406 g/mol. The summed E-state index contributed by atoms with van der Waals surface area (Å²) in [5, 5.41) is 0.652. The molecule has 0 unspecified atom stereocenters. The van der Waals surface area contributed by atoms with Crippen LogP contribution >= 0.6 is 11.6 Å². The standard InChI is InChI=1S/C23H16ClNO4/c1-27-22(26)13-4-15-2-5-16(6-3-15)23-25-20-12-11-19(14-21(20)29-23)28-18-9-7-17(24)8-10-18/h2-14H,1H3/b13-4+. The Hall–Kier alpha value is -3.57. The number of carbonyl (C=O) groups is 1. The highest BCUT2D eigenvalue weighted by atomic mass is 35.5. The van der Waals surface area contributed by atoms with Gasteiger partial charge in [-0.2, -0.15) is 0 Å². The molecule has 0 saturated carbocycles. The normalized spacial score (nSPS) is 11.1. The summed E-state index contributed by atoms with van der Waals surface area (Å²) in [5.41, 5.74) is 3.06. The highest BCUT2D eigenvalue weighted by Crippen LogP contribution is 2.30. The Morgan fingerprint density at radius 1 is 1.00 bits per heavy atom. The third-order valence-electron chi connectivity index (χ3n) is 4.18. The number of methoxy groups -OCH3 is 1. The Kier molecular flexibility index (Phi) is 5.31. The lowest BCUT2D eigenvalue weighted by molar-refractivity contribution is -0.134. The number of halogens is 1. The van der Waals surface area contributed by atoms with Gasteiger partial charge in [0.15, 0.2) is 5.58 Å². The number of hydrogen-bond acceptors (Lipinski definition) is 5. The monoisotopic (exact) mass is 405 g/mol. The molecule has 5 nitrogen and oxygen atoms in total. The van der Waals surface area contributed by atoms with E-state index in [4.69, 9.17) is 20.8 Å². The van der Waals surface area contributed by atoms with Gasteiger partial charge in [-0.25, -0.2) is 9.78 Å². The van der Waals surface area contributed by atoms with E-state index in [1.54, 1.807) is 36.4 Å². The molecule has 4 rings (SSSR count). The molecular formula is C23H16ClNO4. The number of ether oxygens (including phenoxy) is 2. The summed E-state index contributed by atoms with van der Waals surface area (Å²) in [6.45, 7) is 0. The minimum atomic E-state index is -0.398. The summed E-state index contributed by atoms with van der Waals surface area (Å²) in [5.74, 6) is 1.44. The topological polar surface area (TPSA) is 61.6 Å². The minimum absolute atomic E-state index is 0.398. The number of oxazole rings is 1. The molecule has 0 aliphatic heterocycles. The Morgan fingerprint density at radius 2 is 1.72 bits per heavy atom. The van der Waals surface area contributed by atoms with E-state index in [9.17, 15) is 4.79 Å². The van der Waals surface area contributed by atoms with Crippen molar-refractivity contribution in [2.24, 2.45) is 0 Å². The highest BCUT2D eigenvalue weighted by molar-refractivity contribution is 6.30. The number of esters is 1. The molecule has 144 valence electrons. The van der Waals surface area contributed by atoms with Gasteiger partial charge in [-0.05, 0) is 60.2 Å². The van der Waals surface area contributed by atoms with Gasteiger partial charge >= 0.3 is 5.97 Å². The quantitative estimate of drug-likeness (QED) is 0.295. The van der Waals surface area contributed by atoms with E-state index >= 15 is 0 Å². The van der Waals surface area contributed by atoms with Crippen molar-refractivity contribution in [2.75, 3.05) is 7.11 Å². The van der Waals surface area contributed by atoms with E-state index in [0.717, 1.165) is 16.6 Å². The Labute approximate surface area is 172 Å². The van der Waals surface area contributed by atoms with Gasteiger partial charge < -0.3 is 13.9 Å². The van der Waals surface area contributed by atoms with Crippen molar-refractivity contribution in [3.05, 3.63) is 83.4 Å². The number of hydrogen-bond donors (Lipinski definition) is 0. The van der Waals surface area contributed by atoms with Crippen molar-refractivity contribution in [3.63, 3.8) is 0 Å². The van der Waals surface area contributed by atoms with Crippen LogP contribution in [0.5, 0.6) is 11.5 Å². The summed E-state index contributed by atoms with van der Waals surface area (Å²) in [6, 6.07) is 20.1. The lowest BCUT2D eigenvalue weighted by Gasteiger charge is -2.04. The highest BCUT2D eigenvalue weighted by Gasteiger charge is 2.10. The van der Waals surface area contributed by atoms with E-state index in [2.05, 4.69) is 9.72 Å². The zero-order chi connectivity index (χ0) is 20.2. The van der Waals surface area contributed by atoms with Gasteiger partial charge in [0.2, 0.25) is 5.89 Å². The molecule has 0 bridgehead atoms. The van der Waals surface area contributed by atoms with Crippen molar-refractivity contribution in [1.29, 1.82) is 0 Å². The second-order valence-electron chi connectivity index (χ2n) is 6.18. The molecule has 1 aromatic heterocycles. The maximum atomic E-state index is 11.2. The van der Waals surface area contributed by atoms with Crippen LogP contribution < -0.4 is 4.74 Å². The lowest BCUT2D eigenvalue weighted by atomic mass is 10.1. The van der Waals surface area contributed by atoms with Crippen LogP contribution in [0.2, 0.25) is 5.02 Å². The van der Waals surface area contributed by atoms with Gasteiger partial charge in [-0.3, -0.25) is 0 Å². The molecule has 1 heterocycles. The van der Waals surface area contributed by atoms with Crippen LogP contribution in [0.4, 0.5) is 0 Å². The van der Waals surface area contributed by atoms with Gasteiger partial charge in [-0.1, -0.05) is 23.7 Å². The summed E-state index contributed by atoms with van der Waals surface area (Å²) in [4.78, 5) is 15.7. The lowest BCUT2D eigenvalue weighted by Crippen LogP contribution is -1.93. The van der Waals surface area contributed by atoms with Gasteiger partial charge in [-0.15, -0.1) is 0 Å². The molecule has 0 atom stereocenters. The van der Waals surface area contributed by atoms with Crippen LogP contribution in [0.3, 0.4) is 0 Å². The Morgan fingerprint density at radius 3 is 2.45 bits per heavy atom. The molecule has 0 spiro atoms. The van der Waals surface area contributed by atoms with Crippen LogP contribution in [0.15, 0.2) is 77.2 Å². The van der Waals surface area contributed by atoms with E-state index in [1.165, 1.54) is 13.2 Å². The predicted octanol–water partition coefficient (Wildman–Crippen LogP) is 6.13. The predicted molar refractivity (Wildman–Crippen MR) is 112 cm³/mol. The first kappa shape index (κ1) is 18.8. The molecule has 0 aliphatic rings. The first-order chi connectivity index (χ1) is 14.1. The largest absolute Gasteiger partial charge is 0.466 e. The minimum Gasteiger partial charge on any atom is -0.466 e. The van der Waals surface area contributed by atoms with E-state index in [0.29, 0.717) is 28.0 Å². The van der Waals surface area contributed by atoms with Gasteiger partial charge in [0.05, 0.1) is 7.11 Å². The van der Waals surface area contributed by atoms with Crippen molar-refractivity contribution < 1.29 is 18.7 Å². The SMILES string of the molecule is COC(=O)/C=C/c1ccc(-c2nc3ccc(Oc4ccc(Cl)cc4)cc3o2)cc1. The third kappa shape index (κ3) is 4.47. The van der Waals surface area contributed by atoms with Crippen molar-refractivity contribution >= 4 is 34.7 Å². The number of fused-ring (bicyclic) bond motifs is 1. The summed E-state index contributed by atoms with van der Waals surface area (Å²) < 4.78 is 16.3. The molecule has 0 N–H and O–H groups in total. The van der Waals surface area contributed by atoms with Crippen LogP contribution in [-0.2, 0) is 9.53 Å². The van der Waals surface area contributed by atoms with Gasteiger partial charge in [0, 0.05) is 22.7 Å². The van der Waals surface area contributed by atoms with E-state index in [-0.39, 0.29) is 0 Å². The van der Waals surface area contributed by atoms with Gasteiger partial charge in [0.25, 0.3) is 0 Å². The second kappa shape index (κ2) is 8.20. The average Bonchev–Trinajstić information content (AvgIpc) is 3.17. The fourth-order valence-corrected chi connectivity index (χ4v) is 2.83. The number of nitrogens with zero attached hydrogens (tertiary/aromatic N) is 1. The molecule has 0 aliphatic carbocycles. The van der Waals surface area contributed by atoms with Crippen LogP contribution in [-0.4, -0.2) is 18.1 Å². The molecule has 6 heteroatoms. The first-order valence-electron chi connectivity index (χ1n) is 8.81. The molecule has 0 fully saturated rings. The van der Waals surface area contributed by atoms with Crippen LogP contribution in [0.1, 0.15) is 5.56 Å². The molecule has 0 radical (unpaired) electrons. The fraction of sp³-hybridized carbons (Fsp3) is 0.0435.